The van der Waals surface area contributed by atoms with E-state index in [1.165, 1.54) is 11.0 Å². The maximum atomic E-state index is 14.0. The summed E-state index contributed by atoms with van der Waals surface area (Å²) in [6, 6.07) is 11.7. The summed E-state index contributed by atoms with van der Waals surface area (Å²) in [6.45, 7) is 2.52. The lowest BCUT2D eigenvalue weighted by Crippen LogP contribution is -2.32. The minimum Gasteiger partial charge on any atom is -0.382 e. The molecule has 3 aromatic rings. The van der Waals surface area contributed by atoms with E-state index >= 15 is 0 Å². The fraction of sp³-hybridized carbons (Fsp3) is 0.217. The van der Waals surface area contributed by atoms with Crippen molar-refractivity contribution in [3.05, 3.63) is 70.1 Å². The average molecular weight is 470 g/mol. The SMILES string of the molecule is CCCCN(CC#N)C(=O)c1ccc(Nc2nc(N)c(C(=O)c3c(F)cccc3F)s2)cc1. The van der Waals surface area contributed by atoms with Crippen molar-refractivity contribution in [1.82, 2.24) is 9.88 Å². The van der Waals surface area contributed by atoms with Crippen LogP contribution < -0.4 is 11.1 Å². The second-order valence-corrected chi connectivity index (χ2v) is 8.10. The van der Waals surface area contributed by atoms with E-state index in [9.17, 15) is 18.4 Å². The molecule has 0 unspecified atom stereocenters. The van der Waals surface area contributed by atoms with Gasteiger partial charge in [-0.15, -0.1) is 0 Å². The number of nitrogens with one attached hydrogen (secondary N) is 1. The fourth-order valence-electron chi connectivity index (χ4n) is 3.07. The monoisotopic (exact) mass is 469 g/mol. The van der Waals surface area contributed by atoms with Gasteiger partial charge in [0.1, 0.15) is 28.9 Å². The number of nitrogens with zero attached hydrogens (tertiary/aromatic N) is 3. The first kappa shape index (κ1) is 23.8. The van der Waals surface area contributed by atoms with Gasteiger partial charge in [-0.3, -0.25) is 9.59 Å². The van der Waals surface area contributed by atoms with Crippen molar-refractivity contribution in [3.63, 3.8) is 0 Å². The number of hydrogen-bond donors (Lipinski definition) is 2. The number of nitrogens with two attached hydrogens (primary N) is 1. The van der Waals surface area contributed by atoms with Gasteiger partial charge in [-0.05, 0) is 42.8 Å². The van der Waals surface area contributed by atoms with E-state index in [4.69, 9.17) is 11.0 Å². The van der Waals surface area contributed by atoms with Gasteiger partial charge in [0, 0.05) is 17.8 Å². The highest BCUT2D eigenvalue weighted by atomic mass is 32.1. The molecule has 7 nitrogen and oxygen atoms in total. The van der Waals surface area contributed by atoms with E-state index in [2.05, 4.69) is 10.3 Å². The van der Waals surface area contributed by atoms with E-state index in [0.29, 0.717) is 17.8 Å². The number of benzene rings is 2. The molecule has 3 rings (SSSR count). The average Bonchev–Trinajstić information content (AvgIpc) is 3.16. The number of unbranched alkanes of at least 4 members (excludes halogenated alkanes) is 1. The quantitative estimate of drug-likeness (QED) is 0.346. The van der Waals surface area contributed by atoms with Gasteiger partial charge < -0.3 is 16.0 Å². The molecule has 0 saturated carbocycles. The number of nitriles is 1. The number of carbonyl (C=O) groups excluding carboxylic acids is 2. The van der Waals surface area contributed by atoms with Crippen molar-refractivity contribution in [3.8, 4) is 6.07 Å². The number of amides is 1. The van der Waals surface area contributed by atoms with Crippen LogP contribution in [0.1, 0.15) is 45.4 Å². The molecule has 1 heterocycles. The summed E-state index contributed by atoms with van der Waals surface area (Å²) in [4.78, 5) is 30.7. The molecule has 170 valence electrons. The number of hydrogen-bond acceptors (Lipinski definition) is 7. The minimum absolute atomic E-state index is 0.0106. The molecular weight excluding hydrogens is 448 g/mol. The Balaban J connectivity index is 1.75. The highest BCUT2D eigenvalue weighted by Crippen LogP contribution is 2.31. The highest BCUT2D eigenvalue weighted by molar-refractivity contribution is 7.18. The predicted octanol–water partition coefficient (Wildman–Crippen LogP) is 4.74. The zero-order chi connectivity index (χ0) is 24.0. The lowest BCUT2D eigenvalue weighted by molar-refractivity contribution is 0.0774. The molecule has 1 amide bonds. The normalized spacial score (nSPS) is 10.5. The number of thiazole rings is 1. The van der Waals surface area contributed by atoms with Gasteiger partial charge in [-0.2, -0.15) is 5.26 Å². The van der Waals surface area contributed by atoms with Crippen LogP contribution in [-0.2, 0) is 0 Å². The van der Waals surface area contributed by atoms with E-state index in [-0.39, 0.29) is 28.3 Å². The summed E-state index contributed by atoms with van der Waals surface area (Å²) in [6.07, 6.45) is 1.71. The van der Waals surface area contributed by atoms with Gasteiger partial charge in [-0.1, -0.05) is 30.7 Å². The zero-order valence-corrected chi connectivity index (χ0v) is 18.6. The standard InChI is InChI=1S/C23H21F2N5O2S/c1-2-3-12-30(13-11-26)22(32)14-7-9-15(10-8-14)28-23-29-21(27)20(33-23)19(31)18-16(24)5-4-6-17(18)25/h4-10H,2-3,12-13,27H2,1H3,(H,28,29). The zero-order valence-electron chi connectivity index (χ0n) is 17.8. The second kappa shape index (κ2) is 10.7. The number of rotatable bonds is 9. The maximum Gasteiger partial charge on any atom is 0.254 e. The topological polar surface area (TPSA) is 112 Å². The maximum absolute atomic E-state index is 14.0. The van der Waals surface area contributed by atoms with Gasteiger partial charge >= 0.3 is 0 Å². The van der Waals surface area contributed by atoms with Crippen LogP contribution in [0.25, 0.3) is 0 Å². The number of anilines is 3. The summed E-state index contributed by atoms with van der Waals surface area (Å²) in [5.41, 5.74) is 6.12. The molecule has 0 radical (unpaired) electrons. The molecule has 0 aliphatic heterocycles. The molecule has 0 atom stereocenters. The number of ketones is 1. The Bertz CT molecular complexity index is 1180. The van der Waals surface area contributed by atoms with Crippen molar-refractivity contribution >= 4 is 39.7 Å². The molecule has 2 aromatic carbocycles. The lowest BCUT2D eigenvalue weighted by atomic mass is 10.1. The van der Waals surface area contributed by atoms with E-state index in [1.54, 1.807) is 24.3 Å². The first-order valence-electron chi connectivity index (χ1n) is 10.1. The minimum atomic E-state index is -0.980. The van der Waals surface area contributed by atoms with Crippen molar-refractivity contribution in [2.75, 3.05) is 24.1 Å². The molecule has 0 fully saturated rings. The number of halogens is 2. The van der Waals surface area contributed by atoms with Gasteiger partial charge in [0.2, 0.25) is 5.78 Å². The van der Waals surface area contributed by atoms with E-state index in [0.717, 1.165) is 36.3 Å². The molecular formula is C23H21F2N5O2S. The third kappa shape index (κ3) is 5.51. The third-order valence-electron chi connectivity index (χ3n) is 4.76. The van der Waals surface area contributed by atoms with Gasteiger partial charge in [0.05, 0.1) is 11.6 Å². The molecule has 0 aliphatic carbocycles. The van der Waals surface area contributed by atoms with Gasteiger partial charge in [0.25, 0.3) is 5.91 Å². The van der Waals surface area contributed by atoms with Crippen molar-refractivity contribution in [2.45, 2.75) is 19.8 Å². The van der Waals surface area contributed by atoms with Crippen LogP contribution in [0.15, 0.2) is 42.5 Å². The smallest absolute Gasteiger partial charge is 0.254 e. The van der Waals surface area contributed by atoms with Crippen LogP contribution in [0.2, 0.25) is 0 Å². The Morgan fingerprint density at radius 2 is 1.85 bits per heavy atom. The highest BCUT2D eigenvalue weighted by Gasteiger charge is 2.24. The Kier molecular flexibility index (Phi) is 7.69. The van der Waals surface area contributed by atoms with Gasteiger partial charge in [-0.25, -0.2) is 13.8 Å². The molecule has 10 heteroatoms. The first-order chi connectivity index (χ1) is 15.8. The molecule has 0 bridgehead atoms. The molecule has 3 N–H and O–H groups in total. The second-order valence-electron chi connectivity index (χ2n) is 7.10. The summed E-state index contributed by atoms with van der Waals surface area (Å²) < 4.78 is 27.9. The van der Waals surface area contributed by atoms with Crippen molar-refractivity contribution in [1.29, 1.82) is 5.26 Å². The van der Waals surface area contributed by atoms with E-state index < -0.39 is 23.0 Å². The number of aromatic nitrogens is 1. The predicted molar refractivity (Wildman–Crippen MR) is 122 cm³/mol. The van der Waals surface area contributed by atoms with Gasteiger partial charge in [0.15, 0.2) is 5.13 Å². The summed E-state index contributed by atoms with van der Waals surface area (Å²) in [5.74, 6) is -3.24. The summed E-state index contributed by atoms with van der Waals surface area (Å²) in [7, 11) is 0. The molecule has 0 saturated heterocycles. The Labute approximate surface area is 193 Å². The van der Waals surface area contributed by atoms with Crippen LogP contribution in [0.4, 0.5) is 25.4 Å². The summed E-state index contributed by atoms with van der Waals surface area (Å²) >= 11 is 0.864. The molecule has 0 aliphatic rings. The molecule has 0 spiro atoms. The largest absolute Gasteiger partial charge is 0.382 e. The molecule has 1 aromatic heterocycles. The van der Waals surface area contributed by atoms with Crippen LogP contribution in [-0.4, -0.2) is 34.7 Å². The summed E-state index contributed by atoms with van der Waals surface area (Å²) in [5, 5.41) is 12.2. The number of carbonyl (C=O) groups is 2. The van der Waals surface area contributed by atoms with Crippen LogP contribution >= 0.6 is 11.3 Å². The van der Waals surface area contributed by atoms with Crippen molar-refractivity contribution < 1.29 is 18.4 Å². The van der Waals surface area contributed by atoms with Crippen molar-refractivity contribution in [2.24, 2.45) is 0 Å². The lowest BCUT2D eigenvalue weighted by Gasteiger charge is -2.19. The Morgan fingerprint density at radius 1 is 1.18 bits per heavy atom. The molecule has 33 heavy (non-hydrogen) atoms. The van der Waals surface area contributed by atoms with Crippen LogP contribution in [0, 0.1) is 23.0 Å². The Hall–Kier alpha value is -3.84. The van der Waals surface area contributed by atoms with Crippen LogP contribution in [0.3, 0.4) is 0 Å². The van der Waals surface area contributed by atoms with E-state index in [1.807, 2.05) is 13.0 Å². The first-order valence-corrected chi connectivity index (χ1v) is 11.0. The van der Waals surface area contributed by atoms with Crippen LogP contribution in [0.5, 0.6) is 0 Å². The number of nitrogen functional groups attached to an aromatic ring is 1. The Morgan fingerprint density at radius 3 is 2.45 bits per heavy atom. The fourth-order valence-corrected chi connectivity index (χ4v) is 3.92. The third-order valence-corrected chi connectivity index (χ3v) is 5.75.